The second kappa shape index (κ2) is 5.87. The van der Waals surface area contributed by atoms with Gasteiger partial charge >= 0.3 is 5.97 Å². The van der Waals surface area contributed by atoms with E-state index in [1.165, 1.54) is 20.3 Å². The van der Waals surface area contributed by atoms with Gasteiger partial charge in [0.2, 0.25) is 5.43 Å². The van der Waals surface area contributed by atoms with Gasteiger partial charge in [0, 0.05) is 18.5 Å². The molecule has 0 amide bonds. The van der Waals surface area contributed by atoms with Crippen molar-refractivity contribution >= 4 is 18.1 Å². The van der Waals surface area contributed by atoms with Gasteiger partial charge in [-0.1, -0.05) is 0 Å². The van der Waals surface area contributed by atoms with Crippen molar-refractivity contribution in [1.29, 1.82) is 0 Å². The van der Waals surface area contributed by atoms with E-state index in [0.29, 0.717) is 5.82 Å². The fourth-order valence-corrected chi connectivity index (χ4v) is 1.63. The maximum absolute atomic E-state index is 11.9. The van der Waals surface area contributed by atoms with Crippen LogP contribution >= 0.6 is 0 Å². The number of nitrogens with one attached hydrogen (secondary N) is 2. The molecule has 0 aliphatic carbocycles. The highest BCUT2D eigenvalue weighted by Gasteiger charge is 2.16. The number of nitrogens with zero attached hydrogens (tertiary/aromatic N) is 1. The summed E-state index contributed by atoms with van der Waals surface area (Å²) in [4.78, 5) is 33.3. The minimum absolute atomic E-state index is 0.0869. The first kappa shape index (κ1) is 13.6. The predicted octanol–water partition coefficient (Wildman–Crippen LogP) is 1.06. The van der Waals surface area contributed by atoms with E-state index in [0.717, 1.165) is 0 Å². The third kappa shape index (κ3) is 2.77. The van der Waals surface area contributed by atoms with Crippen LogP contribution in [0, 0.1) is 0 Å². The Morgan fingerprint density at radius 1 is 1.35 bits per heavy atom. The van der Waals surface area contributed by atoms with Gasteiger partial charge in [-0.15, -0.1) is 0 Å². The van der Waals surface area contributed by atoms with Crippen LogP contribution in [0.5, 0.6) is 5.88 Å². The molecule has 0 spiro atoms. The summed E-state index contributed by atoms with van der Waals surface area (Å²) >= 11 is 0. The summed E-state index contributed by atoms with van der Waals surface area (Å²) in [6, 6.07) is 1.19. The van der Waals surface area contributed by atoms with E-state index in [9.17, 15) is 9.59 Å². The van der Waals surface area contributed by atoms with Crippen LogP contribution in [0.25, 0.3) is 12.2 Å². The van der Waals surface area contributed by atoms with Crippen LogP contribution in [0.15, 0.2) is 23.3 Å². The maximum Gasteiger partial charge on any atom is 0.344 e. The molecular formula is C13H13N3O4. The highest BCUT2D eigenvalue weighted by molar-refractivity contribution is 5.93. The van der Waals surface area contributed by atoms with Crippen LogP contribution in [0.1, 0.15) is 21.9 Å². The molecule has 0 saturated heterocycles. The summed E-state index contributed by atoms with van der Waals surface area (Å²) in [6.45, 7) is 0. The normalized spacial score (nSPS) is 10.7. The van der Waals surface area contributed by atoms with E-state index in [-0.39, 0.29) is 17.1 Å². The summed E-state index contributed by atoms with van der Waals surface area (Å²) in [5, 5.41) is 0. The minimum atomic E-state index is -0.715. The van der Waals surface area contributed by atoms with Gasteiger partial charge in [0.15, 0.2) is 5.88 Å². The van der Waals surface area contributed by atoms with Crippen LogP contribution in [0.3, 0.4) is 0 Å². The summed E-state index contributed by atoms with van der Waals surface area (Å²) in [6.07, 6.45) is 6.43. The van der Waals surface area contributed by atoms with Gasteiger partial charge in [-0.2, -0.15) is 0 Å². The van der Waals surface area contributed by atoms with Crippen molar-refractivity contribution in [3.8, 4) is 5.88 Å². The van der Waals surface area contributed by atoms with Gasteiger partial charge in [-0.05, 0) is 12.2 Å². The molecule has 7 nitrogen and oxygen atoms in total. The number of imidazole rings is 1. The van der Waals surface area contributed by atoms with Crippen molar-refractivity contribution < 1.29 is 14.3 Å². The molecule has 0 aliphatic heterocycles. The zero-order valence-electron chi connectivity index (χ0n) is 11.0. The molecule has 104 valence electrons. The number of rotatable bonds is 4. The Morgan fingerprint density at radius 3 is 2.75 bits per heavy atom. The zero-order chi connectivity index (χ0) is 14.5. The standard InChI is InChI=1S/C13H13N3O4/c1-19-11-7-9(17)12(13(18)20-2)8(16-11)3-4-10-14-5-6-15-10/h3-7H,1-2H3,(H,14,15)(H,16,17)/b4-3-. The lowest BCUT2D eigenvalue weighted by molar-refractivity contribution is 0.0598. The van der Waals surface area contributed by atoms with Gasteiger partial charge < -0.3 is 19.4 Å². The van der Waals surface area contributed by atoms with E-state index in [1.807, 2.05) is 0 Å². The Bertz CT molecular complexity index is 686. The predicted molar refractivity (Wildman–Crippen MR) is 72.5 cm³/mol. The molecule has 0 radical (unpaired) electrons. The smallest absolute Gasteiger partial charge is 0.344 e. The number of H-pyrrole nitrogens is 2. The van der Waals surface area contributed by atoms with Gasteiger partial charge in [0.05, 0.1) is 19.9 Å². The topological polar surface area (TPSA) is 97.1 Å². The molecular weight excluding hydrogens is 262 g/mol. The van der Waals surface area contributed by atoms with Crippen LogP contribution in [0.4, 0.5) is 0 Å². The fraction of sp³-hybridized carbons (Fsp3) is 0.154. The number of esters is 1. The van der Waals surface area contributed by atoms with E-state index in [1.54, 1.807) is 24.5 Å². The number of hydrogen-bond donors (Lipinski definition) is 2. The third-order valence-corrected chi connectivity index (χ3v) is 2.57. The number of methoxy groups -OCH3 is 2. The largest absolute Gasteiger partial charge is 0.482 e. The molecule has 2 rings (SSSR count). The zero-order valence-corrected chi connectivity index (χ0v) is 11.0. The average Bonchev–Trinajstić information content (AvgIpc) is 2.97. The Labute approximate surface area is 114 Å². The first-order valence-corrected chi connectivity index (χ1v) is 5.72. The van der Waals surface area contributed by atoms with Crippen molar-refractivity contribution in [3.63, 3.8) is 0 Å². The van der Waals surface area contributed by atoms with E-state index in [2.05, 4.69) is 19.7 Å². The first-order valence-electron chi connectivity index (χ1n) is 5.72. The molecule has 2 aromatic rings. The highest BCUT2D eigenvalue weighted by atomic mass is 16.5. The van der Waals surface area contributed by atoms with Crippen LogP contribution in [0.2, 0.25) is 0 Å². The van der Waals surface area contributed by atoms with E-state index < -0.39 is 11.4 Å². The summed E-state index contributed by atoms with van der Waals surface area (Å²) in [5.41, 5.74) is -0.278. The van der Waals surface area contributed by atoms with Gasteiger partial charge in [-0.25, -0.2) is 9.78 Å². The van der Waals surface area contributed by atoms with E-state index >= 15 is 0 Å². The van der Waals surface area contributed by atoms with Gasteiger partial charge in [-0.3, -0.25) is 4.79 Å². The second-order valence-electron chi connectivity index (χ2n) is 3.79. The number of aromatic nitrogens is 3. The van der Waals surface area contributed by atoms with Crippen LogP contribution in [-0.4, -0.2) is 35.1 Å². The van der Waals surface area contributed by atoms with E-state index in [4.69, 9.17) is 4.74 Å². The lowest BCUT2D eigenvalue weighted by Gasteiger charge is -2.06. The number of pyridine rings is 1. The van der Waals surface area contributed by atoms with Crippen molar-refractivity contribution in [3.05, 3.63) is 45.8 Å². The van der Waals surface area contributed by atoms with Crippen LogP contribution in [-0.2, 0) is 4.74 Å². The number of carbonyl (C=O) groups is 1. The number of ether oxygens (including phenoxy) is 2. The number of aromatic amines is 2. The average molecular weight is 275 g/mol. The first-order chi connectivity index (χ1) is 9.65. The lowest BCUT2D eigenvalue weighted by atomic mass is 10.1. The summed E-state index contributed by atoms with van der Waals surface area (Å²) in [7, 11) is 2.63. The molecule has 0 aliphatic rings. The molecule has 0 fully saturated rings. The molecule has 2 N–H and O–H groups in total. The molecule has 0 unspecified atom stereocenters. The molecule has 2 heterocycles. The monoisotopic (exact) mass is 275 g/mol. The van der Waals surface area contributed by atoms with Crippen molar-refractivity contribution in [1.82, 2.24) is 15.0 Å². The Morgan fingerprint density at radius 2 is 2.15 bits per heavy atom. The minimum Gasteiger partial charge on any atom is -0.482 e. The van der Waals surface area contributed by atoms with Crippen molar-refractivity contribution in [2.45, 2.75) is 0 Å². The molecule has 0 atom stereocenters. The van der Waals surface area contributed by atoms with Gasteiger partial charge in [0.25, 0.3) is 0 Å². The fourth-order valence-electron chi connectivity index (χ4n) is 1.63. The molecule has 20 heavy (non-hydrogen) atoms. The second-order valence-corrected chi connectivity index (χ2v) is 3.79. The molecule has 0 saturated carbocycles. The molecule has 0 aromatic carbocycles. The summed E-state index contributed by atoms with van der Waals surface area (Å²) in [5.74, 6) is 0.124. The number of carbonyl (C=O) groups excluding carboxylic acids is 1. The molecule has 2 aromatic heterocycles. The molecule has 7 heteroatoms. The third-order valence-electron chi connectivity index (χ3n) is 2.57. The molecule has 0 bridgehead atoms. The van der Waals surface area contributed by atoms with Crippen molar-refractivity contribution in [2.75, 3.05) is 14.2 Å². The lowest BCUT2D eigenvalue weighted by Crippen LogP contribution is -2.19. The Hall–Kier alpha value is -2.83. The summed E-state index contributed by atoms with van der Waals surface area (Å²) < 4.78 is 9.59. The van der Waals surface area contributed by atoms with Gasteiger partial charge in [0.1, 0.15) is 11.4 Å². The quantitative estimate of drug-likeness (QED) is 0.813. The number of hydrogen-bond acceptors (Lipinski definition) is 5. The SMILES string of the molecule is COC(=O)c1c(/C=C\c2ncc[nH]2)[nH]c(OC)cc1=O. The Kier molecular flexibility index (Phi) is 3.99. The highest BCUT2D eigenvalue weighted by Crippen LogP contribution is 2.12. The maximum atomic E-state index is 11.9. The van der Waals surface area contributed by atoms with Crippen molar-refractivity contribution in [2.24, 2.45) is 0 Å². The van der Waals surface area contributed by atoms with Crippen LogP contribution < -0.4 is 10.2 Å². The Balaban J connectivity index is 2.51.